The fourth-order valence-electron chi connectivity index (χ4n) is 2.29. The molecule has 1 heterocycles. The Morgan fingerprint density at radius 3 is 2.78 bits per heavy atom. The third-order valence-corrected chi connectivity index (χ3v) is 3.33. The summed E-state index contributed by atoms with van der Waals surface area (Å²) in [6.07, 6.45) is 2.35. The number of carboxylic acid groups (broad SMARTS) is 1. The molecule has 23 heavy (non-hydrogen) atoms. The second-order valence-corrected chi connectivity index (χ2v) is 5.40. The molecule has 0 saturated carbocycles. The predicted octanol–water partition coefficient (Wildman–Crippen LogP) is 1.82. The van der Waals surface area contributed by atoms with Gasteiger partial charge in [-0.25, -0.2) is 4.79 Å². The summed E-state index contributed by atoms with van der Waals surface area (Å²) in [6, 6.07) is 5.14. The molecule has 0 bridgehead atoms. The van der Waals surface area contributed by atoms with Crippen molar-refractivity contribution in [2.24, 2.45) is 0 Å². The first-order valence-electron chi connectivity index (χ1n) is 6.81. The van der Waals surface area contributed by atoms with Gasteiger partial charge in [-0.05, 0) is 37.6 Å². The first-order valence-corrected chi connectivity index (χ1v) is 6.81. The van der Waals surface area contributed by atoms with Gasteiger partial charge in [0, 0.05) is 6.08 Å². The van der Waals surface area contributed by atoms with E-state index in [-0.39, 0.29) is 12.5 Å². The summed E-state index contributed by atoms with van der Waals surface area (Å²) in [5, 5.41) is 17.7. The number of methoxy groups -OCH3 is 1. The van der Waals surface area contributed by atoms with Crippen LogP contribution in [0.25, 0.3) is 6.08 Å². The lowest BCUT2D eigenvalue weighted by molar-refractivity contribution is -0.132. The molecule has 7 heteroatoms. The van der Waals surface area contributed by atoms with E-state index in [0.717, 1.165) is 6.08 Å². The van der Waals surface area contributed by atoms with E-state index in [1.54, 1.807) is 26.0 Å². The Bertz CT molecular complexity index is 731. The van der Waals surface area contributed by atoms with Crippen molar-refractivity contribution < 1.29 is 24.2 Å². The quantitative estimate of drug-likeness (QED) is 0.672. The topological polar surface area (TPSA) is 99.9 Å². The number of fused-ring (bicyclic) bond motifs is 1. The molecule has 0 fully saturated rings. The first-order chi connectivity index (χ1) is 10.8. The number of carbonyl (C=O) groups excluding carboxylic acids is 1. The maximum Gasteiger partial charge on any atom is 0.328 e. The molecule has 1 N–H and O–H groups in total. The van der Waals surface area contributed by atoms with Crippen LogP contribution in [0.3, 0.4) is 0 Å². The van der Waals surface area contributed by atoms with Crippen molar-refractivity contribution in [1.82, 2.24) is 0 Å². The van der Waals surface area contributed by atoms with E-state index in [2.05, 4.69) is 0 Å². The van der Waals surface area contributed by atoms with Crippen LogP contribution in [0.1, 0.15) is 19.4 Å². The Balaban J connectivity index is 2.63. The van der Waals surface area contributed by atoms with Crippen molar-refractivity contribution in [2.75, 3.05) is 18.6 Å². The second kappa shape index (κ2) is 6.01. The standard InChI is InChI=1S/C16H16N2O5/c1-16(2)15(21)18(7-6-17)11-8-10(4-5-13(19)20)9-12(22-3)14(11)23-16/h4-5,8-9H,7H2,1-3H3,(H,19,20)/b5-4+. The number of carbonyl (C=O) groups is 2. The van der Waals surface area contributed by atoms with Gasteiger partial charge in [-0.15, -0.1) is 0 Å². The van der Waals surface area contributed by atoms with Crippen molar-refractivity contribution in [3.8, 4) is 17.6 Å². The Morgan fingerprint density at radius 1 is 1.52 bits per heavy atom. The molecular formula is C16H16N2O5. The maximum atomic E-state index is 12.5. The lowest BCUT2D eigenvalue weighted by atomic mass is 10.0. The Labute approximate surface area is 133 Å². The van der Waals surface area contributed by atoms with Gasteiger partial charge in [0.05, 0.1) is 18.9 Å². The van der Waals surface area contributed by atoms with E-state index in [1.165, 1.54) is 18.1 Å². The van der Waals surface area contributed by atoms with Crippen LogP contribution in [-0.2, 0) is 9.59 Å². The van der Waals surface area contributed by atoms with Gasteiger partial charge in [-0.2, -0.15) is 5.26 Å². The molecule has 0 atom stereocenters. The Kier molecular flexibility index (Phi) is 4.27. The highest BCUT2D eigenvalue weighted by Gasteiger charge is 2.42. The van der Waals surface area contributed by atoms with Crippen LogP contribution >= 0.6 is 0 Å². The summed E-state index contributed by atoms with van der Waals surface area (Å²) >= 11 is 0. The molecule has 1 aliphatic heterocycles. The molecule has 7 nitrogen and oxygen atoms in total. The van der Waals surface area contributed by atoms with Gasteiger partial charge >= 0.3 is 5.97 Å². The fourth-order valence-corrected chi connectivity index (χ4v) is 2.29. The minimum atomic E-state index is -1.13. The number of amides is 1. The number of carboxylic acids is 1. The lowest BCUT2D eigenvalue weighted by Crippen LogP contribution is -2.52. The Hall–Kier alpha value is -3.01. The molecule has 0 spiro atoms. The van der Waals surface area contributed by atoms with Gasteiger partial charge in [-0.3, -0.25) is 9.69 Å². The minimum Gasteiger partial charge on any atom is -0.493 e. The Morgan fingerprint density at radius 2 is 2.22 bits per heavy atom. The van der Waals surface area contributed by atoms with Crippen molar-refractivity contribution in [1.29, 1.82) is 5.26 Å². The van der Waals surface area contributed by atoms with Crippen LogP contribution in [0, 0.1) is 11.3 Å². The van der Waals surface area contributed by atoms with Crippen LogP contribution in [0.15, 0.2) is 18.2 Å². The zero-order chi connectivity index (χ0) is 17.2. The summed E-state index contributed by atoms with van der Waals surface area (Å²) in [6.45, 7) is 3.08. The number of anilines is 1. The molecule has 0 unspecified atom stereocenters. The van der Waals surface area contributed by atoms with E-state index in [1.807, 2.05) is 6.07 Å². The molecule has 0 aliphatic carbocycles. The average molecular weight is 316 g/mol. The second-order valence-electron chi connectivity index (χ2n) is 5.40. The van der Waals surface area contributed by atoms with Crippen LogP contribution in [-0.4, -0.2) is 36.2 Å². The predicted molar refractivity (Wildman–Crippen MR) is 82.3 cm³/mol. The molecule has 2 rings (SSSR count). The van der Waals surface area contributed by atoms with Crippen LogP contribution in [0.4, 0.5) is 5.69 Å². The number of aliphatic carboxylic acids is 1. The number of nitrogens with zero attached hydrogens (tertiary/aromatic N) is 2. The number of rotatable bonds is 4. The summed E-state index contributed by atoms with van der Waals surface area (Å²) < 4.78 is 11.0. The van der Waals surface area contributed by atoms with Gasteiger partial charge < -0.3 is 14.6 Å². The molecular weight excluding hydrogens is 300 g/mol. The fraction of sp³-hybridized carbons (Fsp3) is 0.312. The molecule has 1 amide bonds. The largest absolute Gasteiger partial charge is 0.493 e. The number of benzene rings is 1. The first kappa shape index (κ1) is 16.4. The van der Waals surface area contributed by atoms with Gasteiger partial charge in [0.2, 0.25) is 0 Å². The van der Waals surface area contributed by atoms with E-state index in [0.29, 0.717) is 22.7 Å². The minimum absolute atomic E-state index is 0.145. The van der Waals surface area contributed by atoms with Crippen LogP contribution in [0.5, 0.6) is 11.5 Å². The monoisotopic (exact) mass is 316 g/mol. The SMILES string of the molecule is COc1cc(/C=C/C(=O)O)cc2c1OC(C)(C)C(=O)N2CC#N. The van der Waals surface area contributed by atoms with Crippen LogP contribution in [0.2, 0.25) is 0 Å². The highest BCUT2D eigenvalue weighted by atomic mass is 16.5. The molecule has 120 valence electrons. The normalized spacial score (nSPS) is 15.7. The zero-order valence-electron chi connectivity index (χ0n) is 13.0. The lowest BCUT2D eigenvalue weighted by Gasteiger charge is -2.38. The highest BCUT2D eigenvalue weighted by molar-refractivity contribution is 6.03. The number of nitriles is 1. The summed E-state index contributed by atoms with van der Waals surface area (Å²) in [5.74, 6) is -0.743. The molecule has 0 radical (unpaired) electrons. The number of ether oxygens (including phenoxy) is 2. The third kappa shape index (κ3) is 3.11. The summed E-state index contributed by atoms with van der Waals surface area (Å²) in [5.41, 5.74) is -0.238. The van der Waals surface area contributed by atoms with Crippen LogP contribution < -0.4 is 14.4 Å². The molecule has 1 aromatic rings. The van der Waals surface area contributed by atoms with Crippen molar-refractivity contribution in [2.45, 2.75) is 19.4 Å². The van der Waals surface area contributed by atoms with E-state index in [9.17, 15) is 9.59 Å². The van der Waals surface area contributed by atoms with Crippen molar-refractivity contribution in [3.63, 3.8) is 0 Å². The molecule has 0 saturated heterocycles. The molecule has 1 aromatic carbocycles. The maximum absolute atomic E-state index is 12.5. The van der Waals surface area contributed by atoms with E-state index < -0.39 is 11.6 Å². The highest BCUT2D eigenvalue weighted by Crippen LogP contribution is 2.45. The molecule has 1 aliphatic rings. The average Bonchev–Trinajstić information content (AvgIpc) is 2.49. The molecule has 0 aromatic heterocycles. The number of hydrogen-bond acceptors (Lipinski definition) is 5. The smallest absolute Gasteiger partial charge is 0.328 e. The van der Waals surface area contributed by atoms with Gasteiger partial charge in [0.1, 0.15) is 6.54 Å². The summed E-state index contributed by atoms with van der Waals surface area (Å²) in [4.78, 5) is 24.4. The van der Waals surface area contributed by atoms with E-state index in [4.69, 9.17) is 19.8 Å². The number of hydrogen-bond donors (Lipinski definition) is 1. The van der Waals surface area contributed by atoms with Gasteiger partial charge in [-0.1, -0.05) is 0 Å². The zero-order valence-corrected chi connectivity index (χ0v) is 13.0. The van der Waals surface area contributed by atoms with Gasteiger partial charge in [0.25, 0.3) is 5.91 Å². The van der Waals surface area contributed by atoms with Crippen molar-refractivity contribution in [3.05, 3.63) is 23.8 Å². The van der Waals surface area contributed by atoms with Crippen molar-refractivity contribution >= 4 is 23.6 Å². The summed E-state index contributed by atoms with van der Waals surface area (Å²) in [7, 11) is 1.45. The van der Waals surface area contributed by atoms with E-state index >= 15 is 0 Å². The van der Waals surface area contributed by atoms with Gasteiger partial charge in [0.15, 0.2) is 17.1 Å². The third-order valence-electron chi connectivity index (χ3n) is 3.33.